The average molecular weight is 406 g/mol. The molecule has 2 aliphatic rings. The number of anilines is 2. The Kier molecular flexibility index (Phi) is 5.05. The molecule has 154 valence electrons. The second-order valence-electron chi connectivity index (χ2n) is 6.79. The van der Waals surface area contributed by atoms with E-state index in [1.165, 1.54) is 0 Å². The molecule has 1 saturated heterocycles. The van der Waals surface area contributed by atoms with Crippen LogP contribution in [0.25, 0.3) is 11.4 Å². The van der Waals surface area contributed by atoms with Crippen LogP contribution in [-0.2, 0) is 16.1 Å². The van der Waals surface area contributed by atoms with Crippen LogP contribution in [0.5, 0.6) is 5.75 Å². The van der Waals surface area contributed by atoms with Crippen LogP contribution in [-0.4, -0.2) is 60.1 Å². The van der Waals surface area contributed by atoms with Crippen molar-refractivity contribution in [1.82, 2.24) is 14.9 Å². The van der Waals surface area contributed by atoms with Crippen LogP contribution in [0.3, 0.4) is 0 Å². The van der Waals surface area contributed by atoms with Crippen LogP contribution in [0, 0.1) is 0 Å². The van der Waals surface area contributed by atoms with Crippen molar-refractivity contribution in [1.29, 1.82) is 0 Å². The number of halogens is 2. The summed E-state index contributed by atoms with van der Waals surface area (Å²) in [6.45, 7) is 0.751. The number of nitrogens with zero attached hydrogens (tertiary/aromatic N) is 3. The second kappa shape index (κ2) is 7.66. The summed E-state index contributed by atoms with van der Waals surface area (Å²) in [6.07, 6.45) is -1.09. The molecule has 0 spiro atoms. The molecular weight excluding hydrogens is 386 g/mol. The van der Waals surface area contributed by atoms with Crippen molar-refractivity contribution in [2.75, 3.05) is 36.5 Å². The fraction of sp³-hybridized carbons (Fsp3) is 0.389. The van der Waals surface area contributed by atoms with Gasteiger partial charge in [-0.3, -0.25) is 14.5 Å². The minimum Gasteiger partial charge on any atom is -0.491 e. The lowest BCUT2D eigenvalue weighted by Crippen LogP contribution is -2.58. The van der Waals surface area contributed by atoms with Gasteiger partial charge in [0.1, 0.15) is 24.2 Å². The first-order valence-electron chi connectivity index (χ1n) is 9.11. The summed E-state index contributed by atoms with van der Waals surface area (Å²) >= 11 is 0. The molecule has 0 bridgehead atoms. The summed E-state index contributed by atoms with van der Waals surface area (Å²) in [7, 11) is 0. The molecule has 0 radical (unpaired) electrons. The van der Waals surface area contributed by atoms with Gasteiger partial charge in [0.05, 0.1) is 25.2 Å². The van der Waals surface area contributed by atoms with Crippen molar-refractivity contribution < 1.29 is 23.1 Å². The smallest absolute Gasteiger partial charge is 0.260 e. The third kappa shape index (κ3) is 3.73. The predicted molar refractivity (Wildman–Crippen MR) is 101 cm³/mol. The Bertz CT molecular complexity index is 948. The number of hydrogen-bond donors (Lipinski definition) is 3. The lowest BCUT2D eigenvalue weighted by Gasteiger charge is -2.33. The predicted octanol–water partition coefficient (Wildman–Crippen LogP) is 0.410. The molecule has 1 unspecified atom stereocenters. The zero-order valence-corrected chi connectivity index (χ0v) is 15.4. The molecule has 4 rings (SSSR count). The van der Waals surface area contributed by atoms with Crippen LogP contribution >= 0.6 is 0 Å². The molecule has 3 heterocycles. The fourth-order valence-corrected chi connectivity index (χ4v) is 3.47. The van der Waals surface area contributed by atoms with E-state index < -0.39 is 24.3 Å². The first kappa shape index (κ1) is 19.1. The molecule has 11 heteroatoms. The monoisotopic (exact) mass is 406 g/mol. The third-order valence-corrected chi connectivity index (χ3v) is 4.81. The zero-order valence-electron chi connectivity index (χ0n) is 15.4. The van der Waals surface area contributed by atoms with E-state index in [2.05, 4.69) is 15.6 Å². The molecule has 1 aromatic heterocycles. The summed E-state index contributed by atoms with van der Waals surface area (Å²) < 4.78 is 34.5. The van der Waals surface area contributed by atoms with Crippen LogP contribution in [0.2, 0.25) is 0 Å². The minimum atomic E-state index is -2.69. The molecule has 0 saturated carbocycles. The van der Waals surface area contributed by atoms with Gasteiger partial charge in [0, 0.05) is 24.5 Å². The Hall–Kier alpha value is -3.21. The van der Waals surface area contributed by atoms with E-state index in [1.807, 2.05) is 0 Å². The number of hydrogen-bond acceptors (Lipinski definition) is 6. The van der Waals surface area contributed by atoms with Crippen molar-refractivity contribution in [2.24, 2.45) is 5.73 Å². The highest BCUT2D eigenvalue weighted by molar-refractivity contribution is 5.95. The molecule has 9 nitrogen and oxygen atoms in total. The SMILES string of the molecule is NC(=O)CNc1ccc2c(c1)OCCn1cc(N3C(=O)CNCC3C(F)F)nc1-2. The van der Waals surface area contributed by atoms with E-state index >= 15 is 0 Å². The number of primary amides is 1. The highest BCUT2D eigenvalue weighted by atomic mass is 19.3. The first-order chi connectivity index (χ1) is 13.9. The first-order valence-corrected chi connectivity index (χ1v) is 9.11. The maximum Gasteiger partial charge on any atom is 0.260 e. The number of amides is 2. The van der Waals surface area contributed by atoms with Gasteiger partial charge in [0.2, 0.25) is 11.8 Å². The Labute approximate surface area is 164 Å². The number of carbonyl (C=O) groups excluding carboxylic acids is 2. The molecule has 0 aliphatic carbocycles. The number of piperazine rings is 1. The summed E-state index contributed by atoms with van der Waals surface area (Å²) in [6, 6.07) is 3.95. The number of imidazole rings is 1. The van der Waals surface area contributed by atoms with Gasteiger partial charge in [-0.2, -0.15) is 0 Å². The van der Waals surface area contributed by atoms with E-state index in [0.29, 0.717) is 36.0 Å². The number of aromatic nitrogens is 2. The lowest BCUT2D eigenvalue weighted by atomic mass is 10.1. The lowest BCUT2D eigenvalue weighted by molar-refractivity contribution is -0.120. The number of nitrogens with one attached hydrogen (secondary N) is 2. The molecule has 1 aromatic carbocycles. The van der Waals surface area contributed by atoms with Gasteiger partial charge in [-0.1, -0.05) is 0 Å². The molecule has 1 atom stereocenters. The Morgan fingerprint density at radius 3 is 3.03 bits per heavy atom. The standard InChI is InChI=1S/C18H20F2N6O3/c19-17(20)12-6-22-8-16(28)26(12)15-9-25-3-4-29-13-5-10(23-7-14(21)27)1-2-11(13)18(25)24-15/h1-2,5,9,12,17,22-23H,3-4,6-8H2,(H2,21,27). The van der Waals surface area contributed by atoms with Crippen molar-refractivity contribution in [3.05, 3.63) is 24.4 Å². The molecular formula is C18H20F2N6O3. The highest BCUT2D eigenvalue weighted by Crippen LogP contribution is 2.36. The topological polar surface area (TPSA) is 115 Å². The Morgan fingerprint density at radius 2 is 2.28 bits per heavy atom. The number of rotatable bonds is 5. The van der Waals surface area contributed by atoms with Crippen molar-refractivity contribution >= 4 is 23.3 Å². The Morgan fingerprint density at radius 1 is 1.45 bits per heavy atom. The number of fused-ring (bicyclic) bond motifs is 3. The average Bonchev–Trinajstić information content (AvgIpc) is 3.02. The molecule has 2 aromatic rings. The maximum absolute atomic E-state index is 13.5. The molecule has 2 aliphatic heterocycles. The van der Waals surface area contributed by atoms with Gasteiger partial charge in [0.15, 0.2) is 5.82 Å². The van der Waals surface area contributed by atoms with Crippen molar-refractivity contribution in [3.63, 3.8) is 0 Å². The molecule has 29 heavy (non-hydrogen) atoms. The van der Waals surface area contributed by atoms with Crippen LogP contribution in [0.4, 0.5) is 20.3 Å². The van der Waals surface area contributed by atoms with Gasteiger partial charge >= 0.3 is 0 Å². The van der Waals surface area contributed by atoms with Gasteiger partial charge in [-0.15, -0.1) is 0 Å². The summed E-state index contributed by atoms with van der Waals surface area (Å²) in [5.41, 5.74) is 6.46. The van der Waals surface area contributed by atoms with Gasteiger partial charge in [0.25, 0.3) is 6.43 Å². The van der Waals surface area contributed by atoms with E-state index in [0.717, 1.165) is 4.90 Å². The molecule has 1 fully saturated rings. The van der Waals surface area contributed by atoms with Crippen molar-refractivity contribution in [3.8, 4) is 17.1 Å². The van der Waals surface area contributed by atoms with E-state index in [-0.39, 0.29) is 25.5 Å². The van der Waals surface area contributed by atoms with E-state index in [1.54, 1.807) is 29.0 Å². The van der Waals surface area contributed by atoms with Crippen LogP contribution in [0.1, 0.15) is 0 Å². The van der Waals surface area contributed by atoms with E-state index in [4.69, 9.17) is 10.5 Å². The second-order valence-corrected chi connectivity index (χ2v) is 6.79. The van der Waals surface area contributed by atoms with E-state index in [9.17, 15) is 18.4 Å². The molecule has 4 N–H and O–H groups in total. The summed E-state index contributed by atoms with van der Waals surface area (Å²) in [5.74, 6) is 0.314. The zero-order chi connectivity index (χ0) is 20.5. The third-order valence-electron chi connectivity index (χ3n) is 4.81. The maximum atomic E-state index is 13.5. The quantitative estimate of drug-likeness (QED) is 0.663. The normalized spacial score (nSPS) is 18.7. The number of carbonyl (C=O) groups is 2. The fourth-order valence-electron chi connectivity index (χ4n) is 3.47. The number of alkyl halides is 2. The van der Waals surface area contributed by atoms with Crippen molar-refractivity contribution in [2.45, 2.75) is 19.0 Å². The summed E-state index contributed by atoms with van der Waals surface area (Å²) in [4.78, 5) is 28.8. The highest BCUT2D eigenvalue weighted by Gasteiger charge is 2.37. The van der Waals surface area contributed by atoms with Crippen LogP contribution in [0.15, 0.2) is 24.4 Å². The van der Waals surface area contributed by atoms with Crippen LogP contribution < -0.4 is 26.0 Å². The van der Waals surface area contributed by atoms with Gasteiger partial charge < -0.3 is 25.7 Å². The minimum absolute atomic E-state index is 0.000189. The van der Waals surface area contributed by atoms with Gasteiger partial charge in [-0.05, 0) is 12.1 Å². The summed E-state index contributed by atoms with van der Waals surface area (Å²) in [5, 5.41) is 5.61. The van der Waals surface area contributed by atoms with Gasteiger partial charge in [-0.25, -0.2) is 13.8 Å². The Balaban J connectivity index is 1.69. The number of benzene rings is 1. The largest absolute Gasteiger partial charge is 0.491 e. The number of nitrogens with two attached hydrogens (primary N) is 1. The molecule has 2 amide bonds. The number of ether oxygens (including phenoxy) is 1.